The number of benzene rings is 1. The molecule has 1 heterocycles. The van der Waals surface area contributed by atoms with Crippen LogP contribution in [0.4, 0.5) is 8.78 Å². The van der Waals surface area contributed by atoms with Crippen molar-refractivity contribution < 1.29 is 13.5 Å². The quantitative estimate of drug-likeness (QED) is 0.881. The number of hydrogen-bond donors (Lipinski definition) is 1. The number of ether oxygens (including phenoxy) is 1. The normalized spacial score (nSPS) is 19.2. The Labute approximate surface area is 99.8 Å². The zero-order valence-electron chi connectivity index (χ0n) is 9.72. The fraction of sp³-hybridized carbons (Fsp3) is 0.538. The monoisotopic (exact) mass is 241 g/mol. The van der Waals surface area contributed by atoms with Gasteiger partial charge in [-0.05, 0) is 48.9 Å². The van der Waals surface area contributed by atoms with E-state index in [1.807, 2.05) is 0 Å². The highest BCUT2D eigenvalue weighted by molar-refractivity contribution is 5.19. The third-order valence-corrected chi connectivity index (χ3v) is 3.55. The van der Waals surface area contributed by atoms with Crippen molar-refractivity contribution >= 4 is 0 Å². The van der Waals surface area contributed by atoms with Gasteiger partial charge in [0.2, 0.25) is 0 Å². The molecule has 0 saturated carbocycles. The summed E-state index contributed by atoms with van der Waals surface area (Å²) in [6, 6.07) is 4.07. The maximum Gasteiger partial charge on any atom is 0.159 e. The van der Waals surface area contributed by atoms with Gasteiger partial charge in [0, 0.05) is 13.2 Å². The van der Waals surface area contributed by atoms with E-state index >= 15 is 0 Å². The molecule has 0 unspecified atom stereocenters. The molecule has 1 saturated heterocycles. The average molecular weight is 241 g/mol. The van der Waals surface area contributed by atoms with Crippen molar-refractivity contribution in [2.45, 2.75) is 19.3 Å². The van der Waals surface area contributed by atoms with Crippen molar-refractivity contribution in [3.63, 3.8) is 0 Å². The zero-order chi connectivity index (χ0) is 12.3. The van der Waals surface area contributed by atoms with Crippen LogP contribution >= 0.6 is 0 Å². The van der Waals surface area contributed by atoms with Crippen LogP contribution in [0.15, 0.2) is 18.2 Å². The summed E-state index contributed by atoms with van der Waals surface area (Å²) in [5.41, 5.74) is 6.61. The molecule has 0 aliphatic carbocycles. The third kappa shape index (κ3) is 2.82. The smallest absolute Gasteiger partial charge is 0.159 e. The fourth-order valence-electron chi connectivity index (χ4n) is 2.34. The number of hydrogen-bond acceptors (Lipinski definition) is 2. The standard InChI is InChI=1S/C13H17F2NO/c14-11-2-1-10(7-12(11)15)8-13(9-16)3-5-17-6-4-13/h1-2,7H,3-6,8-9,16H2. The predicted molar refractivity (Wildman–Crippen MR) is 61.6 cm³/mol. The molecule has 2 nitrogen and oxygen atoms in total. The van der Waals surface area contributed by atoms with Crippen LogP contribution in [0.5, 0.6) is 0 Å². The van der Waals surface area contributed by atoms with Crippen molar-refractivity contribution in [1.82, 2.24) is 0 Å². The molecule has 17 heavy (non-hydrogen) atoms. The molecular formula is C13H17F2NO. The Bertz CT molecular complexity index is 389. The van der Waals surface area contributed by atoms with Gasteiger partial charge < -0.3 is 10.5 Å². The molecule has 2 rings (SSSR count). The molecule has 1 aliphatic rings. The molecule has 0 aromatic heterocycles. The van der Waals surface area contributed by atoms with Gasteiger partial charge in [0.25, 0.3) is 0 Å². The topological polar surface area (TPSA) is 35.2 Å². The number of rotatable bonds is 3. The second-order valence-corrected chi connectivity index (χ2v) is 4.74. The summed E-state index contributed by atoms with van der Waals surface area (Å²) in [5, 5.41) is 0. The third-order valence-electron chi connectivity index (χ3n) is 3.55. The summed E-state index contributed by atoms with van der Waals surface area (Å²) in [6.45, 7) is 1.94. The Morgan fingerprint density at radius 3 is 2.47 bits per heavy atom. The lowest BCUT2D eigenvalue weighted by atomic mass is 9.75. The zero-order valence-corrected chi connectivity index (χ0v) is 9.72. The Morgan fingerprint density at radius 2 is 1.88 bits per heavy atom. The SMILES string of the molecule is NCC1(Cc2ccc(F)c(F)c2)CCOCC1. The predicted octanol–water partition coefficient (Wildman–Crippen LogP) is 2.26. The second-order valence-electron chi connectivity index (χ2n) is 4.74. The van der Waals surface area contributed by atoms with E-state index in [1.165, 1.54) is 12.1 Å². The first kappa shape index (κ1) is 12.5. The molecule has 1 aromatic carbocycles. The summed E-state index contributed by atoms with van der Waals surface area (Å²) in [7, 11) is 0. The minimum absolute atomic E-state index is 0.0253. The minimum Gasteiger partial charge on any atom is -0.381 e. The van der Waals surface area contributed by atoms with Gasteiger partial charge in [-0.15, -0.1) is 0 Å². The molecule has 1 aromatic rings. The lowest BCUT2D eigenvalue weighted by molar-refractivity contribution is 0.0191. The summed E-state index contributed by atoms with van der Waals surface area (Å²) in [4.78, 5) is 0. The van der Waals surface area contributed by atoms with Crippen LogP contribution in [0.25, 0.3) is 0 Å². The molecule has 1 fully saturated rings. The molecule has 0 spiro atoms. The van der Waals surface area contributed by atoms with Gasteiger partial charge in [0.05, 0.1) is 0 Å². The van der Waals surface area contributed by atoms with Crippen LogP contribution in [0.1, 0.15) is 18.4 Å². The van der Waals surface area contributed by atoms with Crippen LogP contribution in [-0.2, 0) is 11.2 Å². The molecule has 0 bridgehead atoms. The molecule has 0 radical (unpaired) electrons. The van der Waals surface area contributed by atoms with E-state index in [4.69, 9.17) is 10.5 Å². The Hall–Kier alpha value is -1.00. The summed E-state index contributed by atoms with van der Waals surface area (Å²) < 4.78 is 31.3. The summed E-state index contributed by atoms with van der Waals surface area (Å²) in [6.07, 6.45) is 2.44. The van der Waals surface area contributed by atoms with Crippen molar-refractivity contribution in [2.24, 2.45) is 11.1 Å². The highest BCUT2D eigenvalue weighted by Crippen LogP contribution is 2.33. The molecular weight excluding hydrogens is 224 g/mol. The first-order valence-corrected chi connectivity index (χ1v) is 5.87. The van der Waals surface area contributed by atoms with E-state index < -0.39 is 11.6 Å². The molecule has 94 valence electrons. The van der Waals surface area contributed by atoms with Crippen LogP contribution in [-0.4, -0.2) is 19.8 Å². The van der Waals surface area contributed by atoms with Crippen molar-refractivity contribution in [3.8, 4) is 0 Å². The fourth-order valence-corrected chi connectivity index (χ4v) is 2.34. The summed E-state index contributed by atoms with van der Waals surface area (Å²) >= 11 is 0. The van der Waals surface area contributed by atoms with Gasteiger partial charge in [-0.25, -0.2) is 8.78 Å². The molecule has 0 atom stereocenters. The Morgan fingerprint density at radius 1 is 1.18 bits per heavy atom. The number of halogens is 2. The van der Waals surface area contributed by atoms with E-state index in [9.17, 15) is 8.78 Å². The van der Waals surface area contributed by atoms with E-state index in [0.717, 1.165) is 18.4 Å². The summed E-state index contributed by atoms with van der Waals surface area (Å²) in [5.74, 6) is -1.59. The minimum atomic E-state index is -0.803. The van der Waals surface area contributed by atoms with E-state index in [-0.39, 0.29) is 5.41 Å². The van der Waals surface area contributed by atoms with Gasteiger partial charge in [0.1, 0.15) is 0 Å². The van der Waals surface area contributed by atoms with Crippen molar-refractivity contribution in [1.29, 1.82) is 0 Å². The van der Waals surface area contributed by atoms with E-state index in [0.29, 0.717) is 26.2 Å². The van der Waals surface area contributed by atoms with Gasteiger partial charge in [-0.2, -0.15) is 0 Å². The Balaban J connectivity index is 2.14. The van der Waals surface area contributed by atoms with Crippen LogP contribution in [0.2, 0.25) is 0 Å². The maximum absolute atomic E-state index is 13.1. The van der Waals surface area contributed by atoms with Crippen LogP contribution in [0, 0.1) is 17.0 Å². The largest absolute Gasteiger partial charge is 0.381 e. The lowest BCUT2D eigenvalue weighted by Crippen LogP contribution is -2.38. The van der Waals surface area contributed by atoms with Crippen molar-refractivity contribution in [3.05, 3.63) is 35.4 Å². The van der Waals surface area contributed by atoms with Gasteiger partial charge in [-0.3, -0.25) is 0 Å². The molecule has 2 N–H and O–H groups in total. The first-order valence-electron chi connectivity index (χ1n) is 5.87. The molecule has 0 amide bonds. The molecule has 4 heteroatoms. The van der Waals surface area contributed by atoms with Crippen LogP contribution in [0.3, 0.4) is 0 Å². The Kier molecular flexibility index (Phi) is 3.74. The lowest BCUT2D eigenvalue weighted by Gasteiger charge is -2.36. The molecule has 1 aliphatic heterocycles. The first-order chi connectivity index (χ1) is 8.15. The van der Waals surface area contributed by atoms with Crippen LogP contribution < -0.4 is 5.73 Å². The highest BCUT2D eigenvalue weighted by atomic mass is 19.2. The number of nitrogens with two attached hydrogens (primary N) is 1. The van der Waals surface area contributed by atoms with Crippen molar-refractivity contribution in [2.75, 3.05) is 19.8 Å². The van der Waals surface area contributed by atoms with E-state index in [2.05, 4.69) is 0 Å². The average Bonchev–Trinajstić information content (AvgIpc) is 2.35. The maximum atomic E-state index is 13.1. The highest BCUT2D eigenvalue weighted by Gasteiger charge is 2.31. The van der Waals surface area contributed by atoms with Gasteiger partial charge in [0.15, 0.2) is 11.6 Å². The van der Waals surface area contributed by atoms with Gasteiger partial charge in [-0.1, -0.05) is 6.07 Å². The van der Waals surface area contributed by atoms with E-state index in [1.54, 1.807) is 6.07 Å². The van der Waals surface area contributed by atoms with Gasteiger partial charge >= 0.3 is 0 Å². The second kappa shape index (κ2) is 5.10.